The molecule has 0 heterocycles. The Morgan fingerprint density at radius 2 is 1.29 bits per heavy atom. The summed E-state index contributed by atoms with van der Waals surface area (Å²) < 4.78 is 6.01. The van der Waals surface area contributed by atoms with Crippen molar-refractivity contribution in [2.24, 2.45) is 5.41 Å². The van der Waals surface area contributed by atoms with Crippen molar-refractivity contribution in [1.82, 2.24) is 0 Å². The second kappa shape index (κ2) is 8.13. The molecule has 1 nitrogen and oxygen atoms in total. The predicted octanol–water partition coefficient (Wildman–Crippen LogP) is 5.58. The van der Waals surface area contributed by atoms with Gasteiger partial charge in [-0.2, -0.15) is 0 Å². The Kier molecular flexibility index (Phi) is 8.11. The van der Waals surface area contributed by atoms with Gasteiger partial charge in [-0.05, 0) is 32.1 Å². The first-order valence-electron chi connectivity index (χ1n) is 7.41. The maximum atomic E-state index is 6.01. The van der Waals surface area contributed by atoms with Crippen LogP contribution in [0.15, 0.2) is 0 Å². The van der Waals surface area contributed by atoms with E-state index in [0.717, 1.165) is 13.0 Å². The summed E-state index contributed by atoms with van der Waals surface area (Å²) in [6.45, 7) is 14.5. The Morgan fingerprint density at radius 3 is 1.82 bits per heavy atom. The van der Waals surface area contributed by atoms with Crippen LogP contribution in [0.1, 0.15) is 86.5 Å². The molecule has 0 saturated carbocycles. The highest BCUT2D eigenvalue weighted by molar-refractivity contribution is 4.76. The maximum Gasteiger partial charge on any atom is 0.0631 e. The van der Waals surface area contributed by atoms with Crippen molar-refractivity contribution in [2.45, 2.75) is 92.1 Å². The Hall–Kier alpha value is -0.0400. The second-order valence-corrected chi connectivity index (χ2v) is 7.11. The minimum atomic E-state index is 0.0294. The first kappa shape index (κ1) is 17.0. The quantitative estimate of drug-likeness (QED) is 0.480. The van der Waals surface area contributed by atoms with Gasteiger partial charge in [0.15, 0.2) is 0 Å². The molecule has 0 bridgehead atoms. The third-order valence-electron chi connectivity index (χ3n) is 2.95. The van der Waals surface area contributed by atoms with Gasteiger partial charge in [-0.15, -0.1) is 0 Å². The van der Waals surface area contributed by atoms with Crippen LogP contribution < -0.4 is 0 Å². The van der Waals surface area contributed by atoms with Crippen molar-refractivity contribution >= 4 is 0 Å². The first-order valence-corrected chi connectivity index (χ1v) is 7.41. The zero-order valence-electron chi connectivity index (χ0n) is 13.1. The average molecular weight is 242 g/mol. The van der Waals surface area contributed by atoms with Gasteiger partial charge in [0.1, 0.15) is 0 Å². The molecule has 0 aromatic carbocycles. The van der Waals surface area contributed by atoms with Crippen LogP contribution in [-0.2, 0) is 4.74 Å². The van der Waals surface area contributed by atoms with Gasteiger partial charge in [0, 0.05) is 6.61 Å². The van der Waals surface area contributed by atoms with E-state index in [9.17, 15) is 0 Å². The molecule has 0 atom stereocenters. The average Bonchev–Trinajstić information content (AvgIpc) is 2.12. The van der Waals surface area contributed by atoms with E-state index in [1.165, 1.54) is 38.5 Å². The minimum absolute atomic E-state index is 0.0294. The highest BCUT2D eigenvalue weighted by Crippen LogP contribution is 2.29. The molecule has 0 spiro atoms. The maximum absolute atomic E-state index is 6.01. The second-order valence-electron chi connectivity index (χ2n) is 7.11. The normalized spacial score (nSPS) is 13.1. The summed E-state index contributed by atoms with van der Waals surface area (Å²) in [5.41, 5.74) is 0.381. The summed E-state index contributed by atoms with van der Waals surface area (Å²) in [6.07, 6.45) is 9.14. The van der Waals surface area contributed by atoms with Crippen molar-refractivity contribution in [3.05, 3.63) is 0 Å². The van der Waals surface area contributed by atoms with Crippen LogP contribution >= 0.6 is 0 Å². The third kappa shape index (κ3) is 12.2. The van der Waals surface area contributed by atoms with Gasteiger partial charge >= 0.3 is 0 Å². The summed E-state index contributed by atoms with van der Waals surface area (Å²) in [4.78, 5) is 0. The highest BCUT2D eigenvalue weighted by Gasteiger charge is 2.25. The van der Waals surface area contributed by atoms with Gasteiger partial charge in [-0.25, -0.2) is 0 Å². The highest BCUT2D eigenvalue weighted by atomic mass is 16.5. The molecular formula is C16H34O. The van der Waals surface area contributed by atoms with E-state index in [1.807, 2.05) is 0 Å². The van der Waals surface area contributed by atoms with Crippen LogP contribution in [0.3, 0.4) is 0 Å². The molecule has 0 N–H and O–H groups in total. The van der Waals surface area contributed by atoms with E-state index in [1.54, 1.807) is 0 Å². The molecule has 0 aliphatic heterocycles. The van der Waals surface area contributed by atoms with Crippen molar-refractivity contribution in [1.29, 1.82) is 0 Å². The number of hydrogen-bond donors (Lipinski definition) is 0. The molecule has 104 valence electrons. The summed E-state index contributed by atoms with van der Waals surface area (Å²) in [6, 6.07) is 0. The number of ether oxygens (including phenoxy) is 1. The number of unbranched alkanes of at least 4 members (excludes halogenated alkanes) is 5. The van der Waals surface area contributed by atoms with Gasteiger partial charge in [-0.1, -0.05) is 59.8 Å². The molecule has 1 heteroatoms. The molecule has 0 aromatic rings. The Labute approximate surface area is 109 Å². The van der Waals surface area contributed by atoms with Gasteiger partial charge in [0.05, 0.1) is 5.60 Å². The third-order valence-corrected chi connectivity index (χ3v) is 2.95. The summed E-state index contributed by atoms with van der Waals surface area (Å²) in [5, 5.41) is 0. The van der Waals surface area contributed by atoms with E-state index >= 15 is 0 Å². The van der Waals surface area contributed by atoms with Gasteiger partial charge in [0.25, 0.3) is 0 Å². The van der Waals surface area contributed by atoms with E-state index < -0.39 is 0 Å². The van der Waals surface area contributed by atoms with Crippen LogP contribution in [-0.4, -0.2) is 12.2 Å². The fourth-order valence-electron chi connectivity index (χ4n) is 2.56. The molecule has 0 radical (unpaired) electrons. The van der Waals surface area contributed by atoms with Gasteiger partial charge in [-0.3, -0.25) is 0 Å². The first-order chi connectivity index (χ1) is 7.77. The van der Waals surface area contributed by atoms with Gasteiger partial charge < -0.3 is 4.74 Å². The number of hydrogen-bond acceptors (Lipinski definition) is 1. The fourth-order valence-corrected chi connectivity index (χ4v) is 2.56. The van der Waals surface area contributed by atoms with Crippen LogP contribution in [0.2, 0.25) is 0 Å². The van der Waals surface area contributed by atoms with Crippen LogP contribution in [0.5, 0.6) is 0 Å². The molecule has 0 rings (SSSR count). The number of rotatable bonds is 9. The molecular weight excluding hydrogens is 208 g/mol. The zero-order chi connectivity index (χ0) is 13.4. The molecule has 0 saturated heterocycles. The fraction of sp³-hybridized carbons (Fsp3) is 1.00. The molecule has 0 aliphatic rings. The molecule has 0 aliphatic carbocycles. The van der Waals surface area contributed by atoms with E-state index in [2.05, 4.69) is 41.5 Å². The molecule has 0 amide bonds. The Morgan fingerprint density at radius 1 is 0.765 bits per heavy atom. The zero-order valence-corrected chi connectivity index (χ0v) is 13.1. The van der Waals surface area contributed by atoms with Crippen molar-refractivity contribution < 1.29 is 4.74 Å². The Balaban J connectivity index is 3.52. The predicted molar refractivity (Wildman–Crippen MR) is 77.5 cm³/mol. The van der Waals surface area contributed by atoms with Gasteiger partial charge in [0.2, 0.25) is 0 Å². The Bertz CT molecular complexity index is 176. The SMILES string of the molecule is CCCCCCCCOC(C)(C)CC(C)(C)C. The minimum Gasteiger partial charge on any atom is -0.376 e. The lowest BCUT2D eigenvalue weighted by atomic mass is 9.83. The molecule has 0 fully saturated rings. The van der Waals surface area contributed by atoms with Crippen LogP contribution in [0.25, 0.3) is 0 Å². The summed E-state index contributed by atoms with van der Waals surface area (Å²) >= 11 is 0. The van der Waals surface area contributed by atoms with Crippen LogP contribution in [0, 0.1) is 5.41 Å². The monoisotopic (exact) mass is 242 g/mol. The smallest absolute Gasteiger partial charge is 0.0631 e. The van der Waals surface area contributed by atoms with Crippen LogP contribution in [0.4, 0.5) is 0 Å². The molecule has 17 heavy (non-hydrogen) atoms. The van der Waals surface area contributed by atoms with Crippen molar-refractivity contribution in [3.8, 4) is 0 Å². The van der Waals surface area contributed by atoms with Crippen molar-refractivity contribution in [3.63, 3.8) is 0 Å². The summed E-state index contributed by atoms with van der Waals surface area (Å²) in [5.74, 6) is 0. The van der Waals surface area contributed by atoms with E-state index in [-0.39, 0.29) is 5.60 Å². The largest absolute Gasteiger partial charge is 0.376 e. The lowest BCUT2D eigenvalue weighted by molar-refractivity contribution is -0.0445. The standard InChI is InChI=1S/C16H34O/c1-7-8-9-10-11-12-13-17-16(5,6)14-15(2,3)4/h7-14H2,1-6H3. The topological polar surface area (TPSA) is 9.23 Å². The molecule has 0 unspecified atom stereocenters. The van der Waals surface area contributed by atoms with Crippen molar-refractivity contribution in [2.75, 3.05) is 6.61 Å². The van der Waals surface area contributed by atoms with E-state index in [4.69, 9.17) is 4.74 Å². The summed E-state index contributed by atoms with van der Waals surface area (Å²) in [7, 11) is 0. The van der Waals surface area contributed by atoms with E-state index in [0.29, 0.717) is 5.41 Å². The lowest BCUT2D eigenvalue weighted by Crippen LogP contribution is -2.30. The molecule has 0 aromatic heterocycles. The lowest BCUT2D eigenvalue weighted by Gasteiger charge is -2.32.